The number of carbonyl (C=O) groups is 4. The quantitative estimate of drug-likeness (QED) is 0.137. The zero-order valence-electron chi connectivity index (χ0n) is 19.7. The van der Waals surface area contributed by atoms with Crippen molar-refractivity contribution < 1.29 is 71.5 Å². The van der Waals surface area contributed by atoms with Crippen LogP contribution in [0, 0.1) is 20.4 Å². The fraction of sp³-hybridized carbons (Fsp3) is 0.400. The van der Waals surface area contributed by atoms with E-state index in [-0.39, 0.29) is 23.7 Å². The van der Waals surface area contributed by atoms with Gasteiger partial charge >= 0.3 is 35.0 Å². The Balaban J connectivity index is 0. The van der Waals surface area contributed by atoms with Gasteiger partial charge in [0.25, 0.3) is 5.97 Å². The number of nitrogens with two attached hydrogens (primary N) is 1. The second-order valence-corrected chi connectivity index (χ2v) is 8.06. The summed E-state index contributed by atoms with van der Waals surface area (Å²) in [5.74, 6) is -5.01. The van der Waals surface area contributed by atoms with Crippen molar-refractivity contribution in [2.45, 2.75) is 45.3 Å². The third kappa shape index (κ3) is 13.6. The normalized spacial score (nSPS) is 10.1. The second-order valence-electron chi connectivity index (χ2n) is 7.12. The maximum Gasteiger partial charge on any atom is 1.00 e. The van der Waals surface area contributed by atoms with Crippen molar-refractivity contribution in [2.24, 2.45) is 0 Å². The number of hydrogen-bond acceptors (Lipinski definition) is 10. The molecule has 0 aromatic carbocycles. The first kappa shape index (κ1) is 35.9. The number of aryl methyl sites for hydroxylation is 1. The summed E-state index contributed by atoms with van der Waals surface area (Å²) < 4.78 is 2.11. The van der Waals surface area contributed by atoms with Crippen LogP contribution in [0.4, 0.5) is 5.82 Å². The van der Waals surface area contributed by atoms with Crippen LogP contribution in [0.3, 0.4) is 0 Å². The van der Waals surface area contributed by atoms with Crippen molar-refractivity contribution in [3.63, 3.8) is 0 Å². The first-order valence-electron chi connectivity index (χ1n) is 9.94. The number of nitrogen functional groups attached to an aromatic ring is 1. The fourth-order valence-electron chi connectivity index (χ4n) is 2.48. The number of aliphatic hydroxyl groups excluding tert-OH is 1. The molecule has 209 valence electrons. The number of hydrogen-bond donors (Lipinski definition) is 7. The molecule has 0 spiro atoms. The molecule has 0 unspecified atom stereocenters. The molecular formula is C20H28CuN5O10S+. The van der Waals surface area contributed by atoms with Crippen molar-refractivity contribution in [3.05, 3.63) is 45.9 Å². The van der Waals surface area contributed by atoms with Gasteiger partial charge in [0.2, 0.25) is 5.51 Å². The number of carboxylic acid groups (broad SMARTS) is 4. The molecule has 0 fully saturated rings. The molecule has 0 atom stereocenters. The number of aliphatic hydroxyl groups is 2. The van der Waals surface area contributed by atoms with Gasteiger partial charge in [0, 0.05) is 26.1 Å². The van der Waals surface area contributed by atoms with E-state index in [1.165, 1.54) is 4.88 Å². The maximum atomic E-state index is 10.3. The molecule has 0 saturated heterocycles. The first-order valence-corrected chi connectivity index (χ1v) is 10.8. The van der Waals surface area contributed by atoms with E-state index >= 15 is 0 Å². The fourth-order valence-corrected chi connectivity index (χ4v) is 3.46. The van der Waals surface area contributed by atoms with Crippen molar-refractivity contribution in [1.29, 1.82) is 0 Å². The summed E-state index contributed by atoms with van der Waals surface area (Å²) in [7, 11) is 0. The molecule has 1 radical (unpaired) electrons. The molecule has 0 aliphatic carbocycles. The van der Waals surface area contributed by atoms with Gasteiger partial charge in [-0.15, -0.1) is 0 Å². The van der Waals surface area contributed by atoms with Crippen molar-refractivity contribution >= 4 is 41.0 Å². The molecule has 0 aliphatic rings. The molecule has 0 saturated carbocycles. The summed E-state index contributed by atoms with van der Waals surface area (Å²) in [5, 5.41) is 50.3. The standard InChI is InChI=1S/C12H17N4OS.C6H8O7.C2H3NO2.Cu/c1-8-11(3-4-17)18-7-16(8)6-10-5-14-9(2)15-12(10)13;7-3(8)1-6(13,5(11)12)2-4(9)10;3-1-2(4)5;/h5,7,17H,3-4,6H2,1-2H3,(H2,13,14,15);13H,1-2H2,(H,7,8)(H,9,10)(H,11,12);1,3H,(H,4,5);/q+1;;-1;+1. The van der Waals surface area contributed by atoms with Gasteiger partial charge in [-0.1, -0.05) is 11.3 Å². The smallest absolute Gasteiger partial charge is 0.666 e. The largest absolute Gasteiger partial charge is 1.00 e. The Morgan fingerprint density at radius 3 is 2.03 bits per heavy atom. The topological polar surface area (TPSA) is 269 Å². The number of nitrogens with zero attached hydrogens (tertiary/aromatic N) is 3. The van der Waals surface area contributed by atoms with E-state index < -0.39 is 42.3 Å². The molecule has 17 heteroatoms. The van der Waals surface area contributed by atoms with Crippen molar-refractivity contribution in [1.82, 2.24) is 9.97 Å². The monoisotopic (exact) mass is 593 g/mol. The van der Waals surface area contributed by atoms with Crippen LogP contribution in [0.15, 0.2) is 11.7 Å². The number of nitrogens with one attached hydrogen (secondary N) is 1. The van der Waals surface area contributed by atoms with Gasteiger partial charge in [0.05, 0.1) is 23.3 Å². The number of anilines is 1. The molecule has 0 aliphatic heterocycles. The van der Waals surface area contributed by atoms with Crippen LogP contribution in [0.5, 0.6) is 0 Å². The number of thiazole rings is 1. The Hall–Kier alpha value is -3.21. The molecule has 2 rings (SSSR count). The summed E-state index contributed by atoms with van der Waals surface area (Å²) >= 11 is 1.65. The van der Waals surface area contributed by atoms with Crippen molar-refractivity contribution in [3.8, 4) is 0 Å². The van der Waals surface area contributed by atoms with Gasteiger partial charge in [-0.05, 0) is 13.5 Å². The predicted octanol–water partition coefficient (Wildman–Crippen LogP) is -0.358. The molecule has 2 aromatic rings. The Bertz CT molecular complexity index is 1050. The molecule has 0 amide bonds. The van der Waals surface area contributed by atoms with Crippen LogP contribution in [-0.2, 0) is 49.2 Å². The van der Waals surface area contributed by atoms with Crippen LogP contribution >= 0.6 is 11.3 Å². The SMILES string of the molecule is Cc1ncc(C[n+]2csc(CCO)c2C)c(N)n1.O=C(O)CC(O)(CC(=O)O)C(=O)O.[Cu+].[NH-][CH]C(=O)O. The molecule has 0 bridgehead atoms. The minimum absolute atomic E-state index is 0. The summed E-state index contributed by atoms with van der Waals surface area (Å²) in [6, 6.07) is 0. The third-order valence-corrected chi connectivity index (χ3v) is 5.41. The van der Waals surface area contributed by atoms with Crippen LogP contribution in [-0.4, -0.2) is 76.7 Å². The molecule has 37 heavy (non-hydrogen) atoms. The number of aliphatic carboxylic acids is 4. The van der Waals surface area contributed by atoms with Gasteiger partial charge < -0.3 is 42.1 Å². The average molecular weight is 594 g/mol. The second kappa shape index (κ2) is 17.3. The van der Waals surface area contributed by atoms with Gasteiger partial charge in [0.15, 0.2) is 17.8 Å². The minimum atomic E-state index is -2.74. The predicted molar refractivity (Wildman–Crippen MR) is 124 cm³/mol. The Morgan fingerprint density at radius 2 is 1.65 bits per heavy atom. The van der Waals surface area contributed by atoms with Gasteiger partial charge in [-0.2, -0.15) is 4.57 Å². The Morgan fingerprint density at radius 1 is 1.14 bits per heavy atom. The van der Waals surface area contributed by atoms with Crippen LogP contribution in [0.2, 0.25) is 0 Å². The van der Waals surface area contributed by atoms with Gasteiger partial charge in [-0.3, -0.25) is 14.4 Å². The van der Waals surface area contributed by atoms with Crippen LogP contribution in [0.25, 0.3) is 5.73 Å². The van der Waals surface area contributed by atoms with E-state index in [9.17, 15) is 14.4 Å². The van der Waals surface area contributed by atoms with E-state index in [1.54, 1.807) is 17.5 Å². The first-order chi connectivity index (χ1) is 16.7. The molecule has 2 heterocycles. The number of rotatable bonds is 10. The van der Waals surface area contributed by atoms with Gasteiger partial charge in [0.1, 0.15) is 11.6 Å². The number of carboxylic acids is 4. The Kier molecular flexibility index (Phi) is 16.8. The summed E-state index contributed by atoms with van der Waals surface area (Å²) in [5.41, 5.74) is 13.2. The maximum absolute atomic E-state index is 10.3. The summed E-state index contributed by atoms with van der Waals surface area (Å²) in [6.45, 7) is 5.05. The zero-order valence-corrected chi connectivity index (χ0v) is 21.5. The van der Waals surface area contributed by atoms with Crippen LogP contribution < -0.4 is 10.3 Å². The molecule has 15 nitrogen and oxygen atoms in total. The van der Waals surface area contributed by atoms with E-state index in [4.69, 9.17) is 46.9 Å². The molecule has 9 N–H and O–H groups in total. The van der Waals surface area contributed by atoms with Crippen LogP contribution in [0.1, 0.15) is 34.8 Å². The number of aromatic nitrogens is 3. The van der Waals surface area contributed by atoms with E-state index in [2.05, 4.69) is 14.5 Å². The Labute approximate surface area is 225 Å². The van der Waals surface area contributed by atoms with E-state index in [0.29, 0.717) is 31.2 Å². The third-order valence-electron chi connectivity index (χ3n) is 4.26. The summed E-state index contributed by atoms with van der Waals surface area (Å²) in [6.07, 6.45) is 0.181. The molecule has 2 aromatic heterocycles. The minimum Gasteiger partial charge on any atom is -0.666 e. The zero-order chi connectivity index (χ0) is 28.1. The average Bonchev–Trinajstić information content (AvgIpc) is 3.09. The van der Waals surface area contributed by atoms with Crippen molar-refractivity contribution in [2.75, 3.05) is 12.3 Å². The molecular weight excluding hydrogens is 566 g/mol. The van der Waals surface area contributed by atoms with E-state index in [0.717, 1.165) is 11.3 Å². The van der Waals surface area contributed by atoms with E-state index in [1.807, 2.05) is 19.4 Å². The van der Waals surface area contributed by atoms with Gasteiger partial charge in [-0.25, -0.2) is 14.8 Å². The summed E-state index contributed by atoms with van der Waals surface area (Å²) in [4.78, 5) is 49.1.